The molecule has 1 aromatic rings. The molecule has 0 amide bonds. The largest absolute Gasteiger partial charge is 0.505 e. The molecule has 0 unspecified atom stereocenters. The van der Waals surface area contributed by atoms with E-state index in [9.17, 15) is 0 Å². The number of methoxy groups -OCH3 is 1. The minimum Gasteiger partial charge on any atom is -0.505 e. The van der Waals surface area contributed by atoms with Gasteiger partial charge in [-0.1, -0.05) is 18.2 Å². The average molecular weight is 241 g/mol. The normalized spacial score (nSPS) is 23.8. The maximum atomic E-state index is 9.14. The first-order chi connectivity index (χ1) is 8.85. The summed E-state index contributed by atoms with van der Waals surface area (Å²) in [6.07, 6.45) is 8.64. The van der Waals surface area contributed by atoms with Crippen LogP contribution < -0.4 is 0 Å². The molecule has 0 spiro atoms. The Hall–Kier alpha value is -1.75. The Morgan fingerprint density at radius 2 is 1.94 bits per heavy atom. The van der Waals surface area contributed by atoms with Crippen molar-refractivity contribution in [2.45, 2.75) is 31.6 Å². The second-order valence-corrected chi connectivity index (χ2v) is 4.87. The van der Waals surface area contributed by atoms with E-state index in [0.717, 1.165) is 18.4 Å². The third-order valence-corrected chi connectivity index (χ3v) is 3.78. The Labute approximate surface area is 109 Å². The summed E-state index contributed by atoms with van der Waals surface area (Å²) in [6.45, 7) is 0. The third kappa shape index (κ3) is 2.92. The van der Waals surface area contributed by atoms with E-state index in [1.165, 1.54) is 18.4 Å². The smallest absolute Gasteiger partial charge is 0.0994 e. The van der Waals surface area contributed by atoms with Crippen LogP contribution in [0.5, 0.6) is 0 Å². The van der Waals surface area contributed by atoms with Crippen molar-refractivity contribution in [2.75, 3.05) is 7.11 Å². The van der Waals surface area contributed by atoms with E-state index in [0.29, 0.717) is 11.8 Å². The molecular weight excluding hydrogens is 222 g/mol. The van der Waals surface area contributed by atoms with E-state index >= 15 is 0 Å². The van der Waals surface area contributed by atoms with Gasteiger partial charge in [0, 0.05) is 0 Å². The minimum atomic E-state index is 0.549. The monoisotopic (exact) mass is 241 g/mol. The number of hydrogen-bond donors (Lipinski definition) is 0. The van der Waals surface area contributed by atoms with Gasteiger partial charge < -0.3 is 4.74 Å². The molecule has 0 aromatic heterocycles. The summed E-state index contributed by atoms with van der Waals surface area (Å²) in [6, 6.07) is 10.3. The molecule has 0 atom stereocenters. The van der Waals surface area contributed by atoms with Crippen LogP contribution in [0.3, 0.4) is 0 Å². The molecule has 18 heavy (non-hydrogen) atoms. The van der Waals surface area contributed by atoms with E-state index < -0.39 is 0 Å². The molecule has 94 valence electrons. The van der Waals surface area contributed by atoms with Crippen molar-refractivity contribution in [1.29, 1.82) is 5.26 Å². The summed E-state index contributed by atoms with van der Waals surface area (Å²) in [5, 5.41) is 9.14. The predicted molar refractivity (Wildman–Crippen MR) is 72.0 cm³/mol. The fourth-order valence-corrected chi connectivity index (χ4v) is 2.77. The lowest BCUT2D eigenvalue weighted by Gasteiger charge is -2.27. The molecule has 1 aliphatic rings. The molecule has 2 nitrogen and oxygen atoms in total. The average Bonchev–Trinajstić information content (AvgIpc) is 2.45. The third-order valence-electron chi connectivity index (χ3n) is 3.78. The molecule has 0 radical (unpaired) electrons. The van der Waals surface area contributed by atoms with Gasteiger partial charge in [-0.15, -0.1) is 0 Å². The van der Waals surface area contributed by atoms with Gasteiger partial charge in [0.25, 0.3) is 0 Å². The van der Waals surface area contributed by atoms with Crippen LogP contribution in [-0.4, -0.2) is 7.11 Å². The van der Waals surface area contributed by atoms with Gasteiger partial charge in [0.05, 0.1) is 25.0 Å². The molecule has 1 aliphatic carbocycles. The Morgan fingerprint density at radius 3 is 2.61 bits per heavy atom. The lowest BCUT2D eigenvalue weighted by Crippen LogP contribution is -2.12. The zero-order chi connectivity index (χ0) is 12.8. The number of rotatable bonds is 3. The van der Waals surface area contributed by atoms with E-state index in [-0.39, 0.29) is 0 Å². The molecule has 2 rings (SSSR count). The van der Waals surface area contributed by atoms with Crippen molar-refractivity contribution >= 4 is 0 Å². The standard InChI is InChI=1S/C16H19NO/c1-18-11-10-13-6-8-14(9-7-13)16-5-3-2-4-15(16)12-17/h2-5,10-11,13-14H,6-9H2,1H3. The quantitative estimate of drug-likeness (QED) is 0.749. The highest BCUT2D eigenvalue weighted by molar-refractivity contribution is 5.39. The summed E-state index contributed by atoms with van der Waals surface area (Å²) < 4.78 is 4.97. The van der Waals surface area contributed by atoms with Crippen molar-refractivity contribution in [3.8, 4) is 6.07 Å². The van der Waals surface area contributed by atoms with Gasteiger partial charge in [-0.25, -0.2) is 0 Å². The van der Waals surface area contributed by atoms with Crippen LogP contribution >= 0.6 is 0 Å². The van der Waals surface area contributed by atoms with E-state index in [4.69, 9.17) is 10.00 Å². The van der Waals surface area contributed by atoms with Crippen LogP contribution in [0.2, 0.25) is 0 Å². The van der Waals surface area contributed by atoms with Gasteiger partial charge in [0.2, 0.25) is 0 Å². The fourth-order valence-electron chi connectivity index (χ4n) is 2.77. The van der Waals surface area contributed by atoms with Crippen molar-refractivity contribution < 1.29 is 4.74 Å². The van der Waals surface area contributed by atoms with Crippen LogP contribution in [0.15, 0.2) is 36.6 Å². The molecule has 0 saturated heterocycles. The lowest BCUT2D eigenvalue weighted by molar-refractivity contribution is 0.322. The van der Waals surface area contributed by atoms with Crippen molar-refractivity contribution in [1.82, 2.24) is 0 Å². The number of nitrogens with zero attached hydrogens (tertiary/aromatic N) is 1. The highest BCUT2D eigenvalue weighted by atomic mass is 16.5. The number of allylic oxidation sites excluding steroid dienone is 1. The summed E-state index contributed by atoms with van der Waals surface area (Å²) in [4.78, 5) is 0. The van der Waals surface area contributed by atoms with Gasteiger partial charge in [0.15, 0.2) is 0 Å². The first kappa shape index (κ1) is 12.7. The summed E-state index contributed by atoms with van der Waals surface area (Å²) in [5.41, 5.74) is 2.07. The van der Waals surface area contributed by atoms with Crippen LogP contribution in [0.1, 0.15) is 42.7 Å². The van der Waals surface area contributed by atoms with Crippen molar-refractivity contribution in [3.05, 3.63) is 47.7 Å². The van der Waals surface area contributed by atoms with Crippen LogP contribution in [0.4, 0.5) is 0 Å². The van der Waals surface area contributed by atoms with Crippen LogP contribution in [-0.2, 0) is 4.74 Å². The van der Waals surface area contributed by atoms with Gasteiger partial charge in [0.1, 0.15) is 0 Å². The Morgan fingerprint density at radius 1 is 1.22 bits per heavy atom. The first-order valence-electron chi connectivity index (χ1n) is 6.53. The minimum absolute atomic E-state index is 0.549. The topological polar surface area (TPSA) is 33.0 Å². The maximum absolute atomic E-state index is 9.14. The number of nitriles is 1. The van der Waals surface area contributed by atoms with Crippen LogP contribution in [0, 0.1) is 17.2 Å². The SMILES string of the molecule is COC=CC1CCC(c2ccccc2C#N)CC1. The molecule has 0 aliphatic heterocycles. The molecule has 0 N–H and O–H groups in total. The van der Waals surface area contributed by atoms with E-state index in [1.807, 2.05) is 18.2 Å². The highest BCUT2D eigenvalue weighted by Gasteiger charge is 2.22. The molecule has 2 heteroatoms. The summed E-state index contributed by atoms with van der Waals surface area (Å²) in [7, 11) is 1.69. The molecule has 0 bridgehead atoms. The zero-order valence-electron chi connectivity index (χ0n) is 10.8. The summed E-state index contributed by atoms with van der Waals surface area (Å²) in [5.74, 6) is 1.18. The Balaban J connectivity index is 2.01. The fraction of sp³-hybridized carbons (Fsp3) is 0.438. The molecule has 1 fully saturated rings. The zero-order valence-corrected chi connectivity index (χ0v) is 10.8. The van der Waals surface area contributed by atoms with E-state index in [1.54, 1.807) is 13.4 Å². The number of ether oxygens (including phenoxy) is 1. The predicted octanol–water partition coefficient (Wildman–Crippen LogP) is 3.99. The van der Waals surface area contributed by atoms with Gasteiger partial charge in [-0.3, -0.25) is 0 Å². The van der Waals surface area contributed by atoms with Crippen molar-refractivity contribution in [2.24, 2.45) is 5.92 Å². The lowest BCUT2D eigenvalue weighted by atomic mass is 9.77. The number of hydrogen-bond acceptors (Lipinski definition) is 2. The van der Waals surface area contributed by atoms with Gasteiger partial charge in [-0.2, -0.15) is 5.26 Å². The Kier molecular flexibility index (Phi) is 4.41. The number of benzene rings is 1. The molecule has 0 heterocycles. The maximum Gasteiger partial charge on any atom is 0.0994 e. The molecular formula is C16H19NO. The summed E-state index contributed by atoms with van der Waals surface area (Å²) >= 11 is 0. The second-order valence-electron chi connectivity index (χ2n) is 4.87. The molecule has 1 aromatic carbocycles. The molecule has 1 saturated carbocycles. The first-order valence-corrected chi connectivity index (χ1v) is 6.53. The van der Waals surface area contributed by atoms with Crippen molar-refractivity contribution in [3.63, 3.8) is 0 Å². The Bertz CT molecular complexity index is 450. The second kappa shape index (κ2) is 6.26. The van der Waals surface area contributed by atoms with Gasteiger partial charge >= 0.3 is 0 Å². The highest BCUT2D eigenvalue weighted by Crippen LogP contribution is 2.37. The van der Waals surface area contributed by atoms with Gasteiger partial charge in [-0.05, 0) is 55.2 Å². The van der Waals surface area contributed by atoms with Crippen LogP contribution in [0.25, 0.3) is 0 Å². The van der Waals surface area contributed by atoms with E-state index in [2.05, 4.69) is 18.2 Å².